The number of carbonyl (C=O) groups is 1. The van der Waals surface area contributed by atoms with Crippen molar-refractivity contribution in [3.8, 4) is 0 Å². The van der Waals surface area contributed by atoms with E-state index in [0.717, 1.165) is 36.5 Å². The summed E-state index contributed by atoms with van der Waals surface area (Å²) < 4.78 is 0. The molecule has 3 rings (SSSR count). The monoisotopic (exact) mass is 378 g/mol. The zero-order valence-electron chi connectivity index (χ0n) is 17.0. The van der Waals surface area contributed by atoms with Gasteiger partial charge in [-0.2, -0.15) is 0 Å². The molecule has 2 atom stereocenters. The van der Waals surface area contributed by atoms with E-state index in [9.17, 15) is 4.79 Å². The molecule has 1 aliphatic rings. The quantitative estimate of drug-likeness (QED) is 0.575. The molecule has 1 saturated carbocycles. The largest absolute Gasteiger partial charge is 0.357 e. The van der Waals surface area contributed by atoms with E-state index in [2.05, 4.69) is 54.0 Å². The summed E-state index contributed by atoms with van der Waals surface area (Å²) in [6.07, 6.45) is 1.95. The van der Waals surface area contributed by atoms with Gasteiger partial charge in [0.05, 0.1) is 0 Å². The third-order valence-corrected chi connectivity index (χ3v) is 4.94. The fraction of sp³-hybridized carbons (Fsp3) is 0.391. The molecule has 1 fully saturated rings. The van der Waals surface area contributed by atoms with Crippen molar-refractivity contribution in [1.29, 1.82) is 0 Å². The van der Waals surface area contributed by atoms with Crippen molar-refractivity contribution in [1.82, 2.24) is 15.5 Å². The number of guanidine groups is 1. The molecule has 0 saturated heterocycles. The van der Waals surface area contributed by atoms with Gasteiger partial charge in [0.15, 0.2) is 5.96 Å². The first kappa shape index (κ1) is 19.9. The Bertz CT molecular complexity index is 816. The zero-order chi connectivity index (χ0) is 19.9. The highest BCUT2D eigenvalue weighted by atomic mass is 16.2. The van der Waals surface area contributed by atoms with Crippen molar-refractivity contribution in [2.75, 3.05) is 27.2 Å². The standard InChI is InChI=1S/C23H30N4O/c1-4-24-23(26-21-16-20(21)18-10-6-5-7-11-18)25-14-13-17-9-8-12-19(15-17)22(28)27(2)3/h5-12,15,20-21H,4,13-14,16H2,1-3H3,(H2,24,25,26). The number of amides is 1. The Hall–Kier alpha value is -2.82. The summed E-state index contributed by atoms with van der Waals surface area (Å²) in [6, 6.07) is 18.9. The normalized spacial score (nSPS) is 18.5. The predicted molar refractivity (Wildman–Crippen MR) is 115 cm³/mol. The minimum atomic E-state index is 0.0287. The first-order valence-corrected chi connectivity index (χ1v) is 9.99. The average Bonchev–Trinajstić information content (AvgIpc) is 3.47. The van der Waals surface area contributed by atoms with Crippen molar-refractivity contribution < 1.29 is 4.79 Å². The summed E-state index contributed by atoms with van der Waals surface area (Å²) in [5, 5.41) is 6.88. The minimum absolute atomic E-state index is 0.0287. The fourth-order valence-electron chi connectivity index (χ4n) is 3.33. The van der Waals surface area contributed by atoms with Crippen LogP contribution in [0.25, 0.3) is 0 Å². The molecule has 1 aliphatic carbocycles. The third kappa shape index (κ3) is 5.35. The first-order valence-electron chi connectivity index (χ1n) is 9.99. The molecule has 0 heterocycles. The van der Waals surface area contributed by atoms with Gasteiger partial charge in [-0.05, 0) is 43.0 Å². The molecule has 1 amide bonds. The van der Waals surface area contributed by atoms with Crippen LogP contribution in [0.4, 0.5) is 0 Å². The van der Waals surface area contributed by atoms with Gasteiger partial charge < -0.3 is 15.5 Å². The van der Waals surface area contributed by atoms with Crippen molar-refractivity contribution in [2.45, 2.75) is 31.7 Å². The molecule has 28 heavy (non-hydrogen) atoms. The Kier molecular flexibility index (Phi) is 6.69. The van der Waals surface area contributed by atoms with Gasteiger partial charge >= 0.3 is 0 Å². The van der Waals surface area contributed by atoms with E-state index in [1.807, 2.05) is 18.2 Å². The van der Waals surface area contributed by atoms with Crippen LogP contribution in [0.3, 0.4) is 0 Å². The van der Waals surface area contributed by atoms with Crippen LogP contribution in [-0.4, -0.2) is 50.0 Å². The molecule has 2 aromatic rings. The van der Waals surface area contributed by atoms with E-state index in [1.165, 1.54) is 5.56 Å². The molecular weight excluding hydrogens is 348 g/mol. The lowest BCUT2D eigenvalue weighted by Crippen LogP contribution is -2.39. The second-order valence-corrected chi connectivity index (χ2v) is 7.41. The van der Waals surface area contributed by atoms with Gasteiger partial charge in [-0.15, -0.1) is 0 Å². The number of carbonyl (C=O) groups excluding carboxylic acids is 1. The van der Waals surface area contributed by atoms with Crippen molar-refractivity contribution in [3.63, 3.8) is 0 Å². The van der Waals surface area contributed by atoms with E-state index in [1.54, 1.807) is 19.0 Å². The van der Waals surface area contributed by atoms with E-state index in [-0.39, 0.29) is 5.91 Å². The number of aliphatic imine (C=N–C) groups is 1. The Balaban J connectivity index is 1.55. The van der Waals surface area contributed by atoms with Crippen LogP contribution in [0.15, 0.2) is 59.6 Å². The number of nitrogens with zero attached hydrogens (tertiary/aromatic N) is 2. The minimum Gasteiger partial charge on any atom is -0.357 e. The second-order valence-electron chi connectivity index (χ2n) is 7.41. The highest BCUT2D eigenvalue weighted by Crippen LogP contribution is 2.40. The zero-order valence-corrected chi connectivity index (χ0v) is 17.0. The molecule has 5 nitrogen and oxygen atoms in total. The van der Waals surface area contributed by atoms with Crippen LogP contribution >= 0.6 is 0 Å². The highest BCUT2D eigenvalue weighted by Gasteiger charge is 2.38. The van der Waals surface area contributed by atoms with E-state index in [0.29, 0.717) is 18.5 Å². The van der Waals surface area contributed by atoms with Crippen LogP contribution in [0.5, 0.6) is 0 Å². The average molecular weight is 379 g/mol. The Morgan fingerprint density at radius 2 is 1.93 bits per heavy atom. The van der Waals surface area contributed by atoms with Crippen molar-refractivity contribution in [2.24, 2.45) is 4.99 Å². The van der Waals surface area contributed by atoms with Crippen LogP contribution in [-0.2, 0) is 6.42 Å². The molecule has 0 aromatic heterocycles. The van der Waals surface area contributed by atoms with Crippen molar-refractivity contribution >= 4 is 11.9 Å². The number of hydrogen-bond acceptors (Lipinski definition) is 2. The van der Waals surface area contributed by atoms with Crippen LogP contribution in [0, 0.1) is 0 Å². The number of benzene rings is 2. The van der Waals surface area contributed by atoms with E-state index in [4.69, 9.17) is 4.99 Å². The summed E-state index contributed by atoms with van der Waals surface area (Å²) in [5.41, 5.74) is 3.24. The molecule has 0 bridgehead atoms. The first-order chi connectivity index (χ1) is 13.6. The van der Waals surface area contributed by atoms with Crippen LogP contribution in [0.2, 0.25) is 0 Å². The molecular formula is C23H30N4O. The lowest BCUT2D eigenvalue weighted by atomic mass is 10.1. The molecule has 5 heteroatoms. The van der Waals surface area contributed by atoms with Crippen LogP contribution in [0.1, 0.15) is 40.7 Å². The predicted octanol–water partition coefficient (Wildman–Crippen LogP) is 3.04. The van der Waals surface area contributed by atoms with E-state index >= 15 is 0 Å². The SMILES string of the molecule is CCNC(=NCCc1cccc(C(=O)N(C)C)c1)NC1CC1c1ccccc1. The molecule has 2 aromatic carbocycles. The smallest absolute Gasteiger partial charge is 0.253 e. The number of rotatable bonds is 7. The lowest BCUT2D eigenvalue weighted by Gasteiger charge is -2.12. The lowest BCUT2D eigenvalue weighted by molar-refractivity contribution is 0.0827. The summed E-state index contributed by atoms with van der Waals surface area (Å²) in [4.78, 5) is 18.4. The highest BCUT2D eigenvalue weighted by molar-refractivity contribution is 5.94. The number of nitrogens with one attached hydrogen (secondary N) is 2. The molecule has 0 aliphatic heterocycles. The molecule has 2 unspecified atom stereocenters. The summed E-state index contributed by atoms with van der Waals surface area (Å²) >= 11 is 0. The molecule has 2 N–H and O–H groups in total. The van der Waals surface area contributed by atoms with Gasteiger partial charge in [-0.3, -0.25) is 9.79 Å². The molecule has 148 valence electrons. The Morgan fingerprint density at radius 3 is 2.64 bits per heavy atom. The van der Waals surface area contributed by atoms with Crippen molar-refractivity contribution in [3.05, 3.63) is 71.3 Å². The maximum Gasteiger partial charge on any atom is 0.253 e. The Morgan fingerprint density at radius 1 is 1.14 bits per heavy atom. The fourth-order valence-corrected chi connectivity index (χ4v) is 3.33. The maximum absolute atomic E-state index is 12.1. The van der Waals surface area contributed by atoms with Gasteiger partial charge in [0.1, 0.15) is 0 Å². The Labute approximate surface area is 167 Å². The second kappa shape index (κ2) is 9.40. The summed E-state index contributed by atoms with van der Waals surface area (Å²) in [5.74, 6) is 1.46. The summed E-state index contributed by atoms with van der Waals surface area (Å²) in [6.45, 7) is 3.59. The third-order valence-electron chi connectivity index (χ3n) is 4.94. The maximum atomic E-state index is 12.1. The van der Waals surface area contributed by atoms with Crippen LogP contribution < -0.4 is 10.6 Å². The van der Waals surface area contributed by atoms with Gasteiger partial charge in [0, 0.05) is 44.7 Å². The summed E-state index contributed by atoms with van der Waals surface area (Å²) in [7, 11) is 3.54. The number of hydrogen-bond donors (Lipinski definition) is 2. The van der Waals surface area contributed by atoms with Gasteiger partial charge in [-0.25, -0.2) is 0 Å². The molecule has 0 spiro atoms. The van der Waals surface area contributed by atoms with Gasteiger partial charge in [-0.1, -0.05) is 42.5 Å². The topological polar surface area (TPSA) is 56.7 Å². The van der Waals surface area contributed by atoms with Gasteiger partial charge in [0.25, 0.3) is 5.91 Å². The van der Waals surface area contributed by atoms with Gasteiger partial charge in [0.2, 0.25) is 0 Å². The van der Waals surface area contributed by atoms with E-state index < -0.39 is 0 Å². The molecule has 0 radical (unpaired) electrons.